The van der Waals surface area contributed by atoms with Gasteiger partial charge in [-0.05, 0) is 29.7 Å². The topological polar surface area (TPSA) is 52.3 Å². The highest BCUT2D eigenvalue weighted by molar-refractivity contribution is 8.02. The molecule has 74 valence electrons. The van der Waals surface area contributed by atoms with E-state index in [1.54, 1.807) is 12.5 Å². The molecule has 4 heteroatoms. The van der Waals surface area contributed by atoms with Crippen LogP contribution in [0.4, 0.5) is 0 Å². The summed E-state index contributed by atoms with van der Waals surface area (Å²) < 4.78 is 5.01. The predicted molar refractivity (Wildman–Crippen MR) is 57.2 cm³/mol. The van der Waals surface area contributed by atoms with Crippen molar-refractivity contribution in [3.8, 4) is 5.75 Å². The van der Waals surface area contributed by atoms with E-state index >= 15 is 0 Å². The summed E-state index contributed by atoms with van der Waals surface area (Å²) in [4.78, 5) is 11.4. The molecule has 1 amide bonds. The van der Waals surface area contributed by atoms with E-state index in [2.05, 4.69) is 0 Å². The van der Waals surface area contributed by atoms with Gasteiger partial charge in [-0.3, -0.25) is 4.79 Å². The average molecular weight is 209 g/mol. The van der Waals surface area contributed by atoms with Crippen molar-refractivity contribution in [2.45, 2.75) is 4.90 Å². The first-order chi connectivity index (χ1) is 6.72. The smallest absolute Gasteiger partial charge is 0.241 e. The van der Waals surface area contributed by atoms with E-state index in [1.165, 1.54) is 17.8 Å². The molecule has 1 rings (SSSR count). The first-order valence-electron chi connectivity index (χ1n) is 3.99. The van der Waals surface area contributed by atoms with Gasteiger partial charge in [-0.25, -0.2) is 0 Å². The molecule has 1 aromatic carbocycles. The zero-order valence-electron chi connectivity index (χ0n) is 7.77. The number of thioether (sulfide) groups is 1. The minimum Gasteiger partial charge on any atom is -0.497 e. The number of nitrogens with two attached hydrogens (primary N) is 1. The lowest BCUT2D eigenvalue weighted by Crippen LogP contribution is -2.04. The van der Waals surface area contributed by atoms with Gasteiger partial charge in [0, 0.05) is 11.0 Å². The fourth-order valence-electron chi connectivity index (χ4n) is 0.834. The summed E-state index contributed by atoms with van der Waals surface area (Å²) in [5.74, 6) is 0.374. The second kappa shape index (κ2) is 5.34. The Bertz CT molecular complexity index is 332. The largest absolute Gasteiger partial charge is 0.497 e. The Kier molecular flexibility index (Phi) is 4.07. The number of methoxy groups -OCH3 is 1. The van der Waals surface area contributed by atoms with Gasteiger partial charge in [-0.15, -0.1) is 0 Å². The lowest BCUT2D eigenvalue weighted by Gasteiger charge is -1.99. The van der Waals surface area contributed by atoms with Gasteiger partial charge in [0.2, 0.25) is 5.91 Å². The van der Waals surface area contributed by atoms with Crippen LogP contribution in [0, 0.1) is 0 Å². The molecule has 0 aliphatic rings. The fraction of sp³-hybridized carbons (Fsp3) is 0.100. The van der Waals surface area contributed by atoms with Crippen molar-refractivity contribution < 1.29 is 9.53 Å². The summed E-state index contributed by atoms with van der Waals surface area (Å²) >= 11 is 1.43. The summed E-state index contributed by atoms with van der Waals surface area (Å²) in [7, 11) is 1.62. The summed E-state index contributed by atoms with van der Waals surface area (Å²) in [5, 5.41) is 1.66. The van der Waals surface area contributed by atoms with Crippen LogP contribution in [0.3, 0.4) is 0 Å². The molecule has 14 heavy (non-hydrogen) atoms. The molecule has 0 spiro atoms. The summed E-state index contributed by atoms with van der Waals surface area (Å²) in [6, 6.07) is 7.55. The molecule has 2 N–H and O–H groups in total. The third-order valence-electron chi connectivity index (χ3n) is 1.50. The second-order valence-corrected chi connectivity index (χ2v) is 3.48. The van der Waals surface area contributed by atoms with Crippen molar-refractivity contribution in [1.82, 2.24) is 0 Å². The maximum atomic E-state index is 10.4. The molecule has 0 heterocycles. The molecule has 1 aromatic rings. The first kappa shape index (κ1) is 10.7. The quantitative estimate of drug-likeness (QED) is 0.607. The van der Waals surface area contributed by atoms with Crippen molar-refractivity contribution in [2.75, 3.05) is 7.11 Å². The molecule has 0 radical (unpaired) electrons. The molecule has 0 saturated heterocycles. The molecule has 0 aliphatic heterocycles. The summed E-state index contributed by atoms with van der Waals surface area (Å²) in [6.45, 7) is 0. The second-order valence-electron chi connectivity index (χ2n) is 2.50. The zero-order valence-corrected chi connectivity index (χ0v) is 8.58. The lowest BCUT2D eigenvalue weighted by molar-refractivity contribution is -0.113. The van der Waals surface area contributed by atoms with E-state index in [4.69, 9.17) is 10.5 Å². The number of primary amides is 1. The monoisotopic (exact) mass is 209 g/mol. The molecule has 0 unspecified atom stereocenters. The SMILES string of the molecule is COc1ccc(S/C=C/C(N)=O)cc1. The maximum Gasteiger partial charge on any atom is 0.241 e. The van der Waals surface area contributed by atoms with Crippen molar-refractivity contribution >= 4 is 17.7 Å². The molecule has 0 aliphatic carbocycles. The van der Waals surface area contributed by atoms with Crippen LogP contribution >= 0.6 is 11.8 Å². The van der Waals surface area contributed by atoms with Crippen molar-refractivity contribution in [3.63, 3.8) is 0 Å². The van der Waals surface area contributed by atoms with Gasteiger partial charge in [0.15, 0.2) is 0 Å². The van der Waals surface area contributed by atoms with E-state index in [0.717, 1.165) is 10.6 Å². The van der Waals surface area contributed by atoms with Crippen molar-refractivity contribution in [1.29, 1.82) is 0 Å². The summed E-state index contributed by atoms with van der Waals surface area (Å²) in [6.07, 6.45) is 1.33. The Morgan fingerprint density at radius 3 is 2.57 bits per heavy atom. The van der Waals surface area contributed by atoms with Gasteiger partial charge < -0.3 is 10.5 Å². The minimum atomic E-state index is -0.439. The number of ether oxygens (including phenoxy) is 1. The van der Waals surface area contributed by atoms with Crippen LogP contribution in [0.2, 0.25) is 0 Å². The Morgan fingerprint density at radius 2 is 2.07 bits per heavy atom. The highest BCUT2D eigenvalue weighted by Gasteiger charge is 1.92. The predicted octanol–water partition coefficient (Wildman–Crippen LogP) is 1.79. The van der Waals surface area contributed by atoms with Crippen LogP contribution in [-0.2, 0) is 4.79 Å². The van der Waals surface area contributed by atoms with Crippen LogP contribution in [0.1, 0.15) is 0 Å². The van der Waals surface area contributed by atoms with Crippen molar-refractivity contribution in [2.24, 2.45) is 5.73 Å². The first-order valence-corrected chi connectivity index (χ1v) is 4.87. The van der Waals surface area contributed by atoms with Crippen LogP contribution < -0.4 is 10.5 Å². The molecular weight excluding hydrogens is 198 g/mol. The van der Waals surface area contributed by atoms with Gasteiger partial charge in [0.1, 0.15) is 5.75 Å². The van der Waals surface area contributed by atoms with Gasteiger partial charge in [-0.2, -0.15) is 0 Å². The molecule has 0 atom stereocenters. The minimum absolute atomic E-state index is 0.439. The third-order valence-corrected chi connectivity index (χ3v) is 2.31. The van der Waals surface area contributed by atoms with E-state index in [1.807, 2.05) is 24.3 Å². The Hall–Kier alpha value is -1.42. The number of carbonyl (C=O) groups excluding carboxylic acids is 1. The van der Waals surface area contributed by atoms with E-state index < -0.39 is 5.91 Å². The fourth-order valence-corrected chi connectivity index (χ4v) is 1.49. The normalized spacial score (nSPS) is 10.4. The molecule has 3 nitrogen and oxygen atoms in total. The highest BCUT2D eigenvalue weighted by atomic mass is 32.2. The van der Waals surface area contributed by atoms with Gasteiger partial charge in [0.05, 0.1) is 7.11 Å². The Morgan fingerprint density at radius 1 is 1.43 bits per heavy atom. The molecular formula is C10H11NO2S. The van der Waals surface area contributed by atoms with Crippen molar-refractivity contribution in [3.05, 3.63) is 35.7 Å². The summed E-state index contributed by atoms with van der Waals surface area (Å²) in [5.41, 5.74) is 4.94. The molecule has 0 saturated carbocycles. The van der Waals surface area contributed by atoms with Crippen LogP contribution in [0.5, 0.6) is 5.75 Å². The van der Waals surface area contributed by atoms with Gasteiger partial charge in [-0.1, -0.05) is 11.8 Å². The van der Waals surface area contributed by atoms with Crippen LogP contribution in [0.15, 0.2) is 40.6 Å². The van der Waals surface area contributed by atoms with Crippen LogP contribution in [0.25, 0.3) is 0 Å². The van der Waals surface area contributed by atoms with Crippen LogP contribution in [-0.4, -0.2) is 13.0 Å². The molecule has 0 bridgehead atoms. The van der Waals surface area contributed by atoms with Gasteiger partial charge >= 0.3 is 0 Å². The molecule has 0 fully saturated rings. The lowest BCUT2D eigenvalue weighted by atomic mass is 10.3. The third kappa shape index (κ3) is 3.53. The van der Waals surface area contributed by atoms with E-state index in [-0.39, 0.29) is 0 Å². The number of hydrogen-bond acceptors (Lipinski definition) is 3. The number of amides is 1. The zero-order chi connectivity index (χ0) is 10.4. The highest BCUT2D eigenvalue weighted by Crippen LogP contribution is 2.21. The van der Waals surface area contributed by atoms with E-state index in [0.29, 0.717) is 0 Å². The molecule has 0 aromatic heterocycles. The van der Waals surface area contributed by atoms with Gasteiger partial charge in [0.25, 0.3) is 0 Å². The number of carbonyl (C=O) groups is 1. The number of hydrogen-bond donors (Lipinski definition) is 1. The Balaban J connectivity index is 2.56. The maximum absolute atomic E-state index is 10.4. The standard InChI is InChI=1S/C10H11NO2S/c1-13-8-2-4-9(5-3-8)14-7-6-10(11)12/h2-7H,1H3,(H2,11,12)/b7-6+. The number of rotatable bonds is 4. The average Bonchev–Trinajstić information content (AvgIpc) is 2.18. The number of benzene rings is 1. The Labute approximate surface area is 86.9 Å². The van der Waals surface area contributed by atoms with E-state index in [9.17, 15) is 4.79 Å².